The van der Waals surface area contributed by atoms with Crippen LogP contribution in [0.4, 0.5) is 10.1 Å². The maximum atomic E-state index is 13.3. The van der Waals surface area contributed by atoms with E-state index in [-0.39, 0.29) is 12.5 Å². The smallest absolute Gasteiger partial charge is 0.265 e. The maximum absolute atomic E-state index is 13.3. The highest BCUT2D eigenvalue weighted by Gasteiger charge is 2.04. The van der Waals surface area contributed by atoms with E-state index in [1.54, 1.807) is 18.2 Å². The Morgan fingerprint density at radius 2 is 1.91 bits per heavy atom. The normalized spacial score (nSPS) is 10.7. The summed E-state index contributed by atoms with van der Waals surface area (Å²) in [4.78, 5) is 16.6. The Hall–Kier alpha value is -2.69. The first-order valence-electron chi connectivity index (χ1n) is 6.82. The van der Waals surface area contributed by atoms with Crippen molar-refractivity contribution in [1.29, 1.82) is 0 Å². The highest BCUT2D eigenvalue weighted by molar-refractivity contribution is 5.92. The van der Waals surface area contributed by atoms with Crippen LogP contribution in [0.1, 0.15) is 16.7 Å². The number of nitrogens with one attached hydrogen (secondary N) is 1. The number of oxime groups is 1. The molecule has 0 aromatic heterocycles. The number of carbonyl (C=O) groups excluding carboxylic acids is 1. The van der Waals surface area contributed by atoms with Crippen molar-refractivity contribution in [1.82, 2.24) is 0 Å². The number of hydrogen-bond donors (Lipinski definition) is 1. The quantitative estimate of drug-likeness (QED) is 0.679. The monoisotopic (exact) mass is 300 g/mol. The number of amides is 1. The van der Waals surface area contributed by atoms with E-state index < -0.39 is 5.82 Å². The van der Waals surface area contributed by atoms with Gasteiger partial charge >= 0.3 is 0 Å². The molecule has 2 rings (SSSR count). The Morgan fingerprint density at radius 1 is 1.23 bits per heavy atom. The number of nitrogens with zero attached hydrogens (tertiary/aromatic N) is 1. The van der Waals surface area contributed by atoms with Crippen LogP contribution in [0.15, 0.2) is 47.6 Å². The fourth-order valence-electron chi connectivity index (χ4n) is 2.01. The van der Waals surface area contributed by atoms with Gasteiger partial charge in [-0.15, -0.1) is 0 Å². The van der Waals surface area contributed by atoms with Crippen LogP contribution in [-0.2, 0) is 9.63 Å². The van der Waals surface area contributed by atoms with Gasteiger partial charge in [0.2, 0.25) is 0 Å². The zero-order valence-electron chi connectivity index (χ0n) is 12.5. The van der Waals surface area contributed by atoms with Gasteiger partial charge in [-0.2, -0.15) is 0 Å². The van der Waals surface area contributed by atoms with Crippen molar-refractivity contribution in [3.63, 3.8) is 0 Å². The van der Waals surface area contributed by atoms with Gasteiger partial charge in [-0.05, 0) is 43.2 Å². The molecule has 4 nitrogen and oxygen atoms in total. The van der Waals surface area contributed by atoms with E-state index >= 15 is 0 Å². The lowest BCUT2D eigenvalue weighted by Crippen LogP contribution is -2.17. The maximum Gasteiger partial charge on any atom is 0.265 e. The Bertz CT molecular complexity index is 679. The third-order valence-electron chi connectivity index (χ3n) is 2.87. The van der Waals surface area contributed by atoms with Crippen molar-refractivity contribution in [2.24, 2.45) is 5.16 Å². The highest BCUT2D eigenvalue weighted by Crippen LogP contribution is 2.13. The highest BCUT2D eigenvalue weighted by atomic mass is 19.1. The average molecular weight is 300 g/mol. The predicted octanol–water partition coefficient (Wildman–Crippen LogP) is 3.43. The molecule has 0 saturated heterocycles. The molecular weight excluding hydrogens is 283 g/mol. The third-order valence-corrected chi connectivity index (χ3v) is 2.87. The molecule has 0 bridgehead atoms. The summed E-state index contributed by atoms with van der Waals surface area (Å²) in [6.07, 6.45) is 1.24. The Kier molecular flexibility index (Phi) is 5.25. The number of hydrogen-bond acceptors (Lipinski definition) is 3. The molecule has 114 valence electrons. The lowest BCUT2D eigenvalue weighted by Gasteiger charge is -2.06. The Morgan fingerprint density at radius 3 is 2.59 bits per heavy atom. The van der Waals surface area contributed by atoms with Crippen molar-refractivity contribution in [3.8, 4) is 0 Å². The van der Waals surface area contributed by atoms with Crippen molar-refractivity contribution in [3.05, 3.63) is 65.0 Å². The predicted molar refractivity (Wildman–Crippen MR) is 84.5 cm³/mol. The SMILES string of the molecule is Cc1cc(C)cc(NC(=O)CO/N=C\c2ccccc2F)c1. The first-order valence-corrected chi connectivity index (χ1v) is 6.82. The van der Waals surface area contributed by atoms with E-state index in [4.69, 9.17) is 4.84 Å². The van der Waals surface area contributed by atoms with Crippen molar-refractivity contribution < 1.29 is 14.0 Å². The minimum absolute atomic E-state index is 0.238. The molecule has 1 N–H and O–H groups in total. The summed E-state index contributed by atoms with van der Waals surface area (Å²) in [5.41, 5.74) is 3.14. The molecule has 1 amide bonds. The molecule has 0 fully saturated rings. The summed E-state index contributed by atoms with van der Waals surface area (Å²) in [5, 5.41) is 6.32. The molecule has 2 aromatic rings. The molecule has 0 unspecified atom stereocenters. The molecule has 5 heteroatoms. The molecule has 0 aliphatic carbocycles. The van der Waals surface area contributed by atoms with E-state index in [9.17, 15) is 9.18 Å². The third kappa shape index (κ3) is 4.70. The molecule has 0 saturated carbocycles. The summed E-state index contributed by atoms with van der Waals surface area (Å²) in [6.45, 7) is 3.67. The number of anilines is 1. The molecule has 0 radical (unpaired) electrons. The number of benzene rings is 2. The molecule has 2 aromatic carbocycles. The average Bonchev–Trinajstić information content (AvgIpc) is 2.44. The van der Waals surface area contributed by atoms with Gasteiger partial charge in [0.1, 0.15) is 5.82 Å². The van der Waals surface area contributed by atoms with E-state index in [1.807, 2.05) is 32.0 Å². The van der Waals surface area contributed by atoms with Gasteiger partial charge in [0.05, 0.1) is 6.21 Å². The lowest BCUT2D eigenvalue weighted by molar-refractivity contribution is -0.120. The zero-order valence-corrected chi connectivity index (χ0v) is 12.5. The van der Waals surface area contributed by atoms with Gasteiger partial charge in [0.15, 0.2) is 6.61 Å². The summed E-state index contributed by atoms with van der Waals surface area (Å²) in [5.74, 6) is -0.717. The van der Waals surface area contributed by atoms with E-state index in [2.05, 4.69) is 10.5 Å². The first kappa shape index (κ1) is 15.7. The fraction of sp³-hybridized carbons (Fsp3) is 0.176. The van der Waals surface area contributed by atoms with Crippen LogP contribution < -0.4 is 5.32 Å². The number of rotatable bonds is 5. The van der Waals surface area contributed by atoms with Gasteiger partial charge in [-0.25, -0.2) is 4.39 Å². The zero-order chi connectivity index (χ0) is 15.9. The summed E-state index contributed by atoms with van der Waals surface area (Å²) in [7, 11) is 0. The molecule has 0 heterocycles. The van der Waals surface area contributed by atoms with Crippen LogP contribution >= 0.6 is 0 Å². The minimum atomic E-state index is -0.394. The van der Waals surface area contributed by atoms with Gasteiger partial charge in [-0.1, -0.05) is 29.4 Å². The summed E-state index contributed by atoms with van der Waals surface area (Å²) < 4.78 is 13.3. The Balaban J connectivity index is 1.84. The number of halogens is 1. The van der Waals surface area contributed by atoms with E-state index in [1.165, 1.54) is 12.3 Å². The minimum Gasteiger partial charge on any atom is -0.386 e. The first-order chi connectivity index (χ1) is 10.5. The fourth-order valence-corrected chi connectivity index (χ4v) is 2.01. The van der Waals surface area contributed by atoms with Gasteiger partial charge in [0, 0.05) is 11.3 Å². The second-order valence-electron chi connectivity index (χ2n) is 4.95. The molecular formula is C17H17FN2O2. The van der Waals surface area contributed by atoms with Crippen molar-refractivity contribution in [2.75, 3.05) is 11.9 Å². The van der Waals surface area contributed by atoms with Crippen molar-refractivity contribution in [2.45, 2.75) is 13.8 Å². The van der Waals surface area contributed by atoms with Gasteiger partial charge in [-0.3, -0.25) is 4.79 Å². The van der Waals surface area contributed by atoms with E-state index in [0.29, 0.717) is 11.3 Å². The van der Waals surface area contributed by atoms with Gasteiger partial charge in [0.25, 0.3) is 5.91 Å². The molecule has 0 spiro atoms. The second-order valence-corrected chi connectivity index (χ2v) is 4.95. The van der Waals surface area contributed by atoms with Crippen molar-refractivity contribution >= 4 is 17.8 Å². The number of carbonyl (C=O) groups is 1. The molecule has 0 atom stereocenters. The topological polar surface area (TPSA) is 50.7 Å². The Labute approximate surface area is 128 Å². The van der Waals surface area contributed by atoms with Gasteiger partial charge < -0.3 is 10.2 Å². The summed E-state index contributed by atoms with van der Waals surface area (Å²) >= 11 is 0. The largest absolute Gasteiger partial charge is 0.386 e. The van der Waals surface area contributed by atoms with Crippen LogP contribution in [-0.4, -0.2) is 18.7 Å². The van der Waals surface area contributed by atoms with Crippen LogP contribution in [0.3, 0.4) is 0 Å². The van der Waals surface area contributed by atoms with Crippen LogP contribution in [0.25, 0.3) is 0 Å². The van der Waals surface area contributed by atoms with Crippen LogP contribution in [0.2, 0.25) is 0 Å². The second kappa shape index (κ2) is 7.36. The number of aryl methyl sites for hydroxylation is 2. The summed E-state index contributed by atoms with van der Waals surface area (Å²) in [6, 6.07) is 11.9. The lowest BCUT2D eigenvalue weighted by atomic mass is 10.1. The van der Waals surface area contributed by atoms with Crippen LogP contribution in [0.5, 0.6) is 0 Å². The molecule has 22 heavy (non-hydrogen) atoms. The standard InChI is InChI=1S/C17H17FN2O2/c1-12-7-13(2)9-15(8-12)20-17(21)11-22-19-10-14-5-3-4-6-16(14)18/h3-10H,11H2,1-2H3,(H,20,21)/b19-10-. The molecule has 0 aliphatic rings. The van der Waals surface area contributed by atoms with E-state index in [0.717, 1.165) is 11.1 Å². The van der Waals surface area contributed by atoms with Crippen LogP contribution in [0, 0.1) is 19.7 Å². The molecule has 0 aliphatic heterocycles.